The zero-order chi connectivity index (χ0) is 13.3. The van der Waals surface area contributed by atoms with Crippen LogP contribution in [0, 0.1) is 5.92 Å². The largest absolute Gasteiger partial charge is 0.275 e. The van der Waals surface area contributed by atoms with Crippen LogP contribution in [0.25, 0.3) is 0 Å². The van der Waals surface area contributed by atoms with Gasteiger partial charge in [-0.2, -0.15) is 0 Å². The molecule has 1 aromatic carbocycles. The first-order valence-electron chi connectivity index (χ1n) is 6.09. The standard InChI is InChI=1S/C14H16BrNO2/c1-9-7-13(17)16(14(18)8-9)10(2)11-3-5-12(15)6-4-11/h3-6,9-10H,7-8H2,1-2H3. The maximum absolute atomic E-state index is 12.0. The number of carbonyl (C=O) groups excluding carboxylic acids is 2. The number of carbonyl (C=O) groups is 2. The van der Waals surface area contributed by atoms with Crippen molar-refractivity contribution < 1.29 is 9.59 Å². The Morgan fingerprint density at radius 2 is 1.67 bits per heavy atom. The van der Waals surface area contributed by atoms with Crippen molar-refractivity contribution in [2.24, 2.45) is 5.92 Å². The van der Waals surface area contributed by atoms with Crippen LogP contribution in [0.15, 0.2) is 28.7 Å². The van der Waals surface area contributed by atoms with Crippen molar-refractivity contribution in [3.63, 3.8) is 0 Å². The van der Waals surface area contributed by atoms with E-state index < -0.39 is 0 Å². The highest BCUT2D eigenvalue weighted by atomic mass is 79.9. The van der Waals surface area contributed by atoms with Crippen LogP contribution < -0.4 is 0 Å². The van der Waals surface area contributed by atoms with E-state index in [-0.39, 0.29) is 23.8 Å². The predicted molar refractivity (Wildman–Crippen MR) is 72.8 cm³/mol. The molecule has 4 heteroatoms. The lowest BCUT2D eigenvalue weighted by molar-refractivity contribution is -0.152. The van der Waals surface area contributed by atoms with Crippen LogP contribution in [-0.2, 0) is 9.59 Å². The SMILES string of the molecule is CC1CC(=O)N(C(C)c2ccc(Br)cc2)C(=O)C1. The lowest BCUT2D eigenvalue weighted by Gasteiger charge is -2.33. The molecule has 1 unspecified atom stereocenters. The summed E-state index contributed by atoms with van der Waals surface area (Å²) in [6.45, 7) is 3.84. The van der Waals surface area contributed by atoms with Crippen LogP contribution in [-0.4, -0.2) is 16.7 Å². The third-order valence-corrected chi connectivity index (χ3v) is 3.85. The summed E-state index contributed by atoms with van der Waals surface area (Å²) in [5.41, 5.74) is 0.981. The Morgan fingerprint density at radius 3 is 2.17 bits per heavy atom. The van der Waals surface area contributed by atoms with Gasteiger partial charge in [0.25, 0.3) is 0 Å². The zero-order valence-electron chi connectivity index (χ0n) is 10.5. The van der Waals surface area contributed by atoms with Gasteiger partial charge in [0.15, 0.2) is 0 Å². The number of halogens is 1. The van der Waals surface area contributed by atoms with E-state index in [2.05, 4.69) is 15.9 Å². The second kappa shape index (κ2) is 5.22. The number of hydrogen-bond donors (Lipinski definition) is 0. The summed E-state index contributed by atoms with van der Waals surface area (Å²) in [4.78, 5) is 25.4. The minimum atomic E-state index is -0.189. The molecular weight excluding hydrogens is 294 g/mol. The topological polar surface area (TPSA) is 37.4 Å². The molecular formula is C14H16BrNO2. The first-order chi connectivity index (χ1) is 8.49. The van der Waals surface area contributed by atoms with Gasteiger partial charge < -0.3 is 0 Å². The Morgan fingerprint density at radius 1 is 1.17 bits per heavy atom. The maximum atomic E-state index is 12.0. The van der Waals surface area contributed by atoms with Gasteiger partial charge in [0, 0.05) is 17.3 Å². The van der Waals surface area contributed by atoms with Crippen molar-refractivity contribution in [3.05, 3.63) is 34.3 Å². The van der Waals surface area contributed by atoms with Gasteiger partial charge in [-0.3, -0.25) is 14.5 Å². The first kappa shape index (κ1) is 13.3. The van der Waals surface area contributed by atoms with Crippen LogP contribution >= 0.6 is 15.9 Å². The monoisotopic (exact) mass is 309 g/mol. The number of hydrogen-bond acceptors (Lipinski definition) is 2. The van der Waals surface area contributed by atoms with Crippen LogP contribution in [0.1, 0.15) is 38.3 Å². The molecule has 1 aliphatic rings. The highest BCUT2D eigenvalue weighted by molar-refractivity contribution is 9.10. The second-order valence-electron chi connectivity index (χ2n) is 4.90. The van der Waals surface area contributed by atoms with E-state index in [0.29, 0.717) is 12.8 Å². The maximum Gasteiger partial charge on any atom is 0.230 e. The quantitative estimate of drug-likeness (QED) is 0.786. The van der Waals surface area contributed by atoms with Gasteiger partial charge in [-0.15, -0.1) is 0 Å². The smallest absolute Gasteiger partial charge is 0.230 e. The fourth-order valence-corrected chi connectivity index (χ4v) is 2.59. The molecule has 0 radical (unpaired) electrons. The Balaban J connectivity index is 2.22. The molecule has 0 aliphatic carbocycles. The molecule has 1 aromatic rings. The number of benzene rings is 1. The molecule has 1 aliphatic heterocycles. The average Bonchev–Trinajstić information content (AvgIpc) is 2.28. The lowest BCUT2D eigenvalue weighted by atomic mass is 9.95. The van der Waals surface area contributed by atoms with Gasteiger partial charge in [0.05, 0.1) is 6.04 Å². The molecule has 1 saturated heterocycles. The molecule has 96 valence electrons. The van der Waals surface area contributed by atoms with E-state index in [1.165, 1.54) is 4.90 Å². The molecule has 2 rings (SSSR count). The molecule has 0 N–H and O–H groups in total. The van der Waals surface area contributed by atoms with Crippen molar-refractivity contribution in [2.75, 3.05) is 0 Å². The summed E-state index contributed by atoms with van der Waals surface area (Å²) in [5.74, 6) is 0.0432. The fraction of sp³-hybridized carbons (Fsp3) is 0.429. The Labute approximate surface area is 115 Å². The molecule has 0 spiro atoms. The Bertz CT molecular complexity index is 451. The van der Waals surface area contributed by atoms with Gasteiger partial charge >= 0.3 is 0 Å². The summed E-state index contributed by atoms with van der Waals surface area (Å²) in [6.07, 6.45) is 0.930. The van der Waals surface area contributed by atoms with Crippen LogP contribution in [0.3, 0.4) is 0 Å². The van der Waals surface area contributed by atoms with Crippen molar-refractivity contribution >= 4 is 27.7 Å². The summed E-state index contributed by atoms with van der Waals surface area (Å²) in [6, 6.07) is 7.53. The van der Waals surface area contributed by atoms with Gasteiger partial charge in [-0.05, 0) is 30.5 Å². The summed E-state index contributed by atoms with van der Waals surface area (Å²) >= 11 is 3.37. The molecule has 18 heavy (non-hydrogen) atoms. The van der Waals surface area contributed by atoms with Crippen LogP contribution in [0.5, 0.6) is 0 Å². The van der Waals surface area contributed by atoms with Gasteiger partial charge in [0.1, 0.15) is 0 Å². The first-order valence-corrected chi connectivity index (χ1v) is 6.88. The molecule has 0 saturated carbocycles. The van der Waals surface area contributed by atoms with Gasteiger partial charge in [-0.25, -0.2) is 0 Å². The van der Waals surface area contributed by atoms with E-state index in [1.54, 1.807) is 0 Å². The van der Waals surface area contributed by atoms with Crippen molar-refractivity contribution in [3.8, 4) is 0 Å². The fourth-order valence-electron chi connectivity index (χ4n) is 2.33. The number of amides is 2. The number of rotatable bonds is 2. The third-order valence-electron chi connectivity index (χ3n) is 3.32. The highest BCUT2D eigenvalue weighted by Crippen LogP contribution is 2.28. The van der Waals surface area contributed by atoms with Crippen LogP contribution in [0.4, 0.5) is 0 Å². The number of imide groups is 1. The Hall–Kier alpha value is -1.16. The molecule has 1 heterocycles. The van der Waals surface area contributed by atoms with Crippen molar-refractivity contribution in [2.45, 2.75) is 32.7 Å². The van der Waals surface area contributed by atoms with Crippen LogP contribution in [0.2, 0.25) is 0 Å². The van der Waals surface area contributed by atoms with E-state index in [4.69, 9.17) is 0 Å². The average molecular weight is 310 g/mol. The number of nitrogens with zero attached hydrogens (tertiary/aromatic N) is 1. The molecule has 2 amide bonds. The normalized spacial score (nSPS) is 19.2. The summed E-state index contributed by atoms with van der Waals surface area (Å²) in [5, 5.41) is 0. The van der Waals surface area contributed by atoms with E-state index >= 15 is 0 Å². The zero-order valence-corrected chi connectivity index (χ0v) is 12.1. The van der Waals surface area contributed by atoms with Gasteiger partial charge in [-0.1, -0.05) is 35.0 Å². The van der Waals surface area contributed by atoms with E-state index in [0.717, 1.165) is 10.0 Å². The van der Waals surface area contributed by atoms with E-state index in [9.17, 15) is 9.59 Å². The highest BCUT2D eigenvalue weighted by Gasteiger charge is 2.33. The molecule has 0 bridgehead atoms. The van der Waals surface area contributed by atoms with Crippen molar-refractivity contribution in [1.82, 2.24) is 4.90 Å². The van der Waals surface area contributed by atoms with E-state index in [1.807, 2.05) is 38.1 Å². The Kier molecular flexibility index (Phi) is 3.85. The number of likely N-dealkylation sites (tertiary alicyclic amines) is 1. The van der Waals surface area contributed by atoms with Crippen molar-refractivity contribution in [1.29, 1.82) is 0 Å². The van der Waals surface area contributed by atoms with Gasteiger partial charge in [0.2, 0.25) is 11.8 Å². The molecule has 1 atom stereocenters. The summed E-state index contributed by atoms with van der Waals surface area (Å²) in [7, 11) is 0. The molecule has 3 nitrogen and oxygen atoms in total. The third kappa shape index (κ3) is 2.64. The minimum Gasteiger partial charge on any atom is -0.275 e. The second-order valence-corrected chi connectivity index (χ2v) is 5.81. The predicted octanol–water partition coefficient (Wildman–Crippen LogP) is 3.30. The molecule has 1 fully saturated rings. The number of piperidine rings is 1. The summed E-state index contributed by atoms with van der Waals surface area (Å²) < 4.78 is 0.989. The lowest BCUT2D eigenvalue weighted by Crippen LogP contribution is -2.44. The molecule has 0 aromatic heterocycles. The minimum absolute atomic E-state index is 0.0610.